The van der Waals surface area contributed by atoms with Crippen LogP contribution < -0.4 is 5.32 Å². The third kappa shape index (κ3) is 3.73. The van der Waals surface area contributed by atoms with Crippen LogP contribution in [0.4, 0.5) is 4.79 Å². The molecule has 2 rings (SSSR count). The largest absolute Gasteiger partial charge is 0.393 e. The van der Waals surface area contributed by atoms with Gasteiger partial charge in [-0.3, -0.25) is 0 Å². The van der Waals surface area contributed by atoms with E-state index in [1.165, 1.54) is 5.56 Å². The Morgan fingerprint density at radius 1 is 1.40 bits per heavy atom. The van der Waals surface area contributed by atoms with Crippen LogP contribution in [0.25, 0.3) is 0 Å². The van der Waals surface area contributed by atoms with Gasteiger partial charge in [-0.15, -0.1) is 0 Å². The van der Waals surface area contributed by atoms with Gasteiger partial charge in [0.1, 0.15) is 0 Å². The van der Waals surface area contributed by atoms with Gasteiger partial charge in [0.05, 0.1) is 6.10 Å². The third-order valence-electron chi connectivity index (χ3n) is 4.05. The predicted molar refractivity (Wildman–Crippen MR) is 79.7 cm³/mol. The van der Waals surface area contributed by atoms with Crippen LogP contribution in [0.3, 0.4) is 0 Å². The number of hydrogen-bond donors (Lipinski definition) is 2. The quantitative estimate of drug-likeness (QED) is 0.836. The molecule has 110 valence electrons. The van der Waals surface area contributed by atoms with Gasteiger partial charge >= 0.3 is 6.03 Å². The molecule has 0 radical (unpaired) electrons. The summed E-state index contributed by atoms with van der Waals surface area (Å²) in [6, 6.07) is 10.3. The lowest BCUT2D eigenvalue weighted by Gasteiger charge is -2.22. The molecule has 4 nitrogen and oxygen atoms in total. The van der Waals surface area contributed by atoms with E-state index in [0.717, 1.165) is 12.8 Å². The Balaban J connectivity index is 1.82. The second-order valence-corrected chi connectivity index (χ2v) is 5.86. The molecule has 4 heteroatoms. The van der Waals surface area contributed by atoms with E-state index >= 15 is 0 Å². The first-order valence-electron chi connectivity index (χ1n) is 7.26. The van der Waals surface area contributed by atoms with E-state index in [1.54, 1.807) is 18.9 Å². The van der Waals surface area contributed by atoms with Gasteiger partial charge in [-0.25, -0.2) is 4.79 Å². The van der Waals surface area contributed by atoms with Gasteiger partial charge in [0.25, 0.3) is 0 Å². The lowest BCUT2D eigenvalue weighted by molar-refractivity contribution is 0.163. The molecule has 0 aromatic heterocycles. The van der Waals surface area contributed by atoms with Gasteiger partial charge in [0.15, 0.2) is 0 Å². The maximum atomic E-state index is 12.0. The van der Waals surface area contributed by atoms with Gasteiger partial charge in [-0.2, -0.15) is 0 Å². The number of carbonyl (C=O) groups is 1. The number of amides is 2. The fourth-order valence-electron chi connectivity index (χ4n) is 2.37. The van der Waals surface area contributed by atoms with Gasteiger partial charge in [-0.1, -0.05) is 30.3 Å². The highest BCUT2D eigenvalue weighted by Gasteiger charge is 2.44. The average molecular weight is 276 g/mol. The van der Waals surface area contributed by atoms with Crippen molar-refractivity contribution >= 4 is 6.03 Å². The number of aliphatic hydroxyl groups excluding tert-OH is 1. The number of hydrogen-bond acceptors (Lipinski definition) is 2. The highest BCUT2D eigenvalue weighted by molar-refractivity contribution is 5.74. The van der Waals surface area contributed by atoms with Crippen molar-refractivity contribution in [1.82, 2.24) is 10.2 Å². The molecule has 0 aliphatic heterocycles. The molecule has 1 aromatic carbocycles. The van der Waals surface area contributed by atoms with Gasteiger partial charge < -0.3 is 15.3 Å². The number of rotatable bonds is 6. The van der Waals surface area contributed by atoms with Crippen LogP contribution in [0.2, 0.25) is 0 Å². The van der Waals surface area contributed by atoms with E-state index in [-0.39, 0.29) is 17.6 Å². The van der Waals surface area contributed by atoms with Crippen LogP contribution in [0.15, 0.2) is 30.3 Å². The standard InChI is InChI=1S/C16H24N2O2/c1-13(19)8-11-18(2)15(20)17-12-16(9-10-16)14-6-4-3-5-7-14/h3-7,13,19H,8-12H2,1-2H3,(H,17,20). The lowest BCUT2D eigenvalue weighted by Crippen LogP contribution is -2.41. The number of aliphatic hydroxyl groups is 1. The number of urea groups is 1. The summed E-state index contributed by atoms with van der Waals surface area (Å²) in [5.74, 6) is 0. The molecule has 1 saturated carbocycles. The molecule has 2 N–H and O–H groups in total. The third-order valence-corrected chi connectivity index (χ3v) is 4.05. The Morgan fingerprint density at radius 2 is 2.05 bits per heavy atom. The molecule has 1 aliphatic rings. The molecule has 1 aliphatic carbocycles. The molecule has 20 heavy (non-hydrogen) atoms. The smallest absolute Gasteiger partial charge is 0.317 e. The van der Waals surface area contributed by atoms with Crippen molar-refractivity contribution in [3.8, 4) is 0 Å². The Morgan fingerprint density at radius 3 is 2.60 bits per heavy atom. The van der Waals surface area contributed by atoms with Gasteiger partial charge in [-0.05, 0) is 31.7 Å². The van der Waals surface area contributed by atoms with E-state index in [4.69, 9.17) is 0 Å². The molecule has 0 saturated heterocycles. The summed E-state index contributed by atoms with van der Waals surface area (Å²) in [6.45, 7) is 3.00. The minimum absolute atomic E-state index is 0.0622. The van der Waals surface area contributed by atoms with Gasteiger partial charge in [0, 0.05) is 25.6 Å². The molecular formula is C16H24N2O2. The molecule has 0 spiro atoms. The first kappa shape index (κ1) is 14.9. The molecule has 1 unspecified atom stereocenters. The van der Waals surface area contributed by atoms with E-state index in [2.05, 4.69) is 17.4 Å². The molecule has 1 atom stereocenters. The monoisotopic (exact) mass is 276 g/mol. The minimum atomic E-state index is -0.371. The highest BCUT2D eigenvalue weighted by atomic mass is 16.3. The van der Waals surface area contributed by atoms with Crippen molar-refractivity contribution in [1.29, 1.82) is 0 Å². The van der Waals surface area contributed by atoms with E-state index in [1.807, 2.05) is 18.2 Å². The average Bonchev–Trinajstić information content (AvgIpc) is 3.24. The number of nitrogens with one attached hydrogen (secondary N) is 1. The van der Waals surface area contributed by atoms with E-state index in [9.17, 15) is 9.90 Å². The molecule has 0 bridgehead atoms. The maximum Gasteiger partial charge on any atom is 0.317 e. The van der Waals surface area contributed by atoms with Crippen molar-refractivity contribution in [3.05, 3.63) is 35.9 Å². The zero-order chi connectivity index (χ0) is 14.6. The second-order valence-electron chi connectivity index (χ2n) is 5.86. The number of nitrogens with zero attached hydrogens (tertiary/aromatic N) is 1. The molecule has 0 heterocycles. The molecular weight excluding hydrogens is 252 g/mol. The van der Waals surface area contributed by atoms with Crippen molar-refractivity contribution in [2.24, 2.45) is 0 Å². The van der Waals surface area contributed by atoms with Crippen LogP contribution in [-0.2, 0) is 5.41 Å². The van der Waals surface area contributed by atoms with Crippen molar-refractivity contribution < 1.29 is 9.90 Å². The van der Waals surface area contributed by atoms with Gasteiger partial charge in [0.2, 0.25) is 0 Å². The lowest BCUT2D eigenvalue weighted by atomic mass is 9.96. The normalized spacial score (nSPS) is 17.4. The summed E-state index contributed by atoms with van der Waals surface area (Å²) in [7, 11) is 1.76. The highest BCUT2D eigenvalue weighted by Crippen LogP contribution is 2.47. The molecule has 1 fully saturated rings. The predicted octanol–water partition coefficient (Wildman–Crippen LogP) is 2.13. The minimum Gasteiger partial charge on any atom is -0.393 e. The van der Waals surface area contributed by atoms with Crippen LogP contribution in [0.1, 0.15) is 31.7 Å². The van der Waals surface area contributed by atoms with Crippen LogP contribution >= 0.6 is 0 Å². The maximum absolute atomic E-state index is 12.0. The second kappa shape index (κ2) is 6.27. The number of carbonyl (C=O) groups excluding carboxylic acids is 1. The van der Waals surface area contributed by atoms with Crippen molar-refractivity contribution in [2.75, 3.05) is 20.1 Å². The summed E-state index contributed by atoms with van der Waals surface area (Å²) in [5, 5.41) is 12.3. The Bertz CT molecular complexity index is 441. The first-order chi connectivity index (χ1) is 9.53. The molecule has 1 aromatic rings. The van der Waals surface area contributed by atoms with Crippen LogP contribution in [0, 0.1) is 0 Å². The summed E-state index contributed by atoms with van der Waals surface area (Å²) in [5.41, 5.74) is 1.45. The van der Waals surface area contributed by atoms with Crippen molar-refractivity contribution in [2.45, 2.75) is 37.7 Å². The summed E-state index contributed by atoms with van der Waals surface area (Å²) >= 11 is 0. The van der Waals surface area contributed by atoms with Crippen molar-refractivity contribution in [3.63, 3.8) is 0 Å². The fourth-order valence-corrected chi connectivity index (χ4v) is 2.37. The van der Waals surface area contributed by atoms with E-state index < -0.39 is 0 Å². The SMILES string of the molecule is CC(O)CCN(C)C(=O)NCC1(c2ccccc2)CC1. The Labute approximate surface area is 120 Å². The van der Waals surface area contributed by atoms with Crippen LogP contribution in [-0.4, -0.2) is 42.3 Å². The van der Waals surface area contributed by atoms with E-state index in [0.29, 0.717) is 19.5 Å². The summed E-state index contributed by atoms with van der Waals surface area (Å²) in [4.78, 5) is 13.6. The molecule has 2 amide bonds. The Hall–Kier alpha value is -1.55. The topological polar surface area (TPSA) is 52.6 Å². The fraction of sp³-hybridized carbons (Fsp3) is 0.562. The summed E-state index contributed by atoms with van der Waals surface area (Å²) < 4.78 is 0. The van der Waals surface area contributed by atoms with Crippen LogP contribution in [0.5, 0.6) is 0 Å². The zero-order valence-electron chi connectivity index (χ0n) is 12.3. The summed E-state index contributed by atoms with van der Waals surface area (Å²) in [6.07, 6.45) is 2.50. The zero-order valence-corrected chi connectivity index (χ0v) is 12.3. The first-order valence-corrected chi connectivity index (χ1v) is 7.26. The number of benzene rings is 1. The Kier molecular flexibility index (Phi) is 4.65.